The van der Waals surface area contributed by atoms with E-state index in [1.165, 1.54) is 0 Å². The van der Waals surface area contributed by atoms with E-state index in [0.29, 0.717) is 18.0 Å². The monoisotopic (exact) mass is 249 g/mol. The maximum atomic E-state index is 11.8. The predicted octanol–water partition coefficient (Wildman–Crippen LogP) is 0.850. The van der Waals surface area contributed by atoms with Crippen molar-refractivity contribution < 1.29 is 9.53 Å². The van der Waals surface area contributed by atoms with Crippen LogP contribution in [0.15, 0.2) is 12.1 Å². The SMILES string of the molecule is Cc1ccc(OCC(=O)N2CCCC2)c(CN)n1. The molecule has 2 heterocycles. The highest BCUT2D eigenvalue weighted by Crippen LogP contribution is 2.17. The van der Waals surface area contributed by atoms with Crippen molar-refractivity contribution in [3.63, 3.8) is 0 Å². The van der Waals surface area contributed by atoms with Crippen LogP contribution in [-0.2, 0) is 11.3 Å². The summed E-state index contributed by atoms with van der Waals surface area (Å²) in [4.78, 5) is 18.0. The molecule has 0 spiro atoms. The standard InChI is InChI=1S/C13H19N3O2/c1-10-4-5-12(11(8-14)15-10)18-9-13(17)16-6-2-3-7-16/h4-5H,2-3,6-9,14H2,1H3. The van der Waals surface area contributed by atoms with Gasteiger partial charge in [-0.3, -0.25) is 9.78 Å². The Kier molecular flexibility index (Phi) is 4.15. The Morgan fingerprint density at radius 2 is 2.17 bits per heavy atom. The first-order valence-corrected chi connectivity index (χ1v) is 6.28. The van der Waals surface area contributed by atoms with Crippen LogP contribution < -0.4 is 10.5 Å². The summed E-state index contributed by atoms with van der Waals surface area (Å²) in [5, 5.41) is 0. The third-order valence-electron chi connectivity index (χ3n) is 3.07. The number of aryl methyl sites for hydroxylation is 1. The van der Waals surface area contributed by atoms with Crippen LogP contribution in [-0.4, -0.2) is 35.5 Å². The van der Waals surface area contributed by atoms with Gasteiger partial charge in [0.05, 0.1) is 5.69 Å². The van der Waals surface area contributed by atoms with Crippen molar-refractivity contribution in [3.8, 4) is 5.75 Å². The molecule has 1 amide bonds. The molecule has 5 heteroatoms. The van der Waals surface area contributed by atoms with Gasteiger partial charge in [-0.1, -0.05) is 0 Å². The third kappa shape index (κ3) is 2.98. The van der Waals surface area contributed by atoms with Gasteiger partial charge < -0.3 is 15.4 Å². The molecule has 0 unspecified atom stereocenters. The molecule has 0 radical (unpaired) electrons. The topological polar surface area (TPSA) is 68.5 Å². The summed E-state index contributed by atoms with van der Waals surface area (Å²) >= 11 is 0. The molecule has 5 nitrogen and oxygen atoms in total. The summed E-state index contributed by atoms with van der Waals surface area (Å²) in [7, 11) is 0. The van der Waals surface area contributed by atoms with E-state index >= 15 is 0 Å². The van der Waals surface area contributed by atoms with E-state index in [1.807, 2.05) is 24.0 Å². The molecule has 18 heavy (non-hydrogen) atoms. The van der Waals surface area contributed by atoms with Gasteiger partial charge >= 0.3 is 0 Å². The second-order valence-corrected chi connectivity index (χ2v) is 4.48. The van der Waals surface area contributed by atoms with Gasteiger partial charge in [0, 0.05) is 25.3 Å². The lowest BCUT2D eigenvalue weighted by molar-refractivity contribution is -0.132. The minimum Gasteiger partial charge on any atom is -0.482 e. The van der Waals surface area contributed by atoms with Gasteiger partial charge in [-0.2, -0.15) is 0 Å². The molecule has 0 bridgehead atoms. The molecule has 98 valence electrons. The van der Waals surface area contributed by atoms with Crippen LogP contribution in [0.2, 0.25) is 0 Å². The maximum absolute atomic E-state index is 11.8. The normalized spacial score (nSPS) is 14.9. The molecular weight excluding hydrogens is 230 g/mol. The molecule has 0 saturated carbocycles. The van der Waals surface area contributed by atoms with E-state index in [9.17, 15) is 4.79 Å². The number of pyridine rings is 1. The average molecular weight is 249 g/mol. The Bertz CT molecular complexity index is 428. The largest absolute Gasteiger partial charge is 0.482 e. The molecule has 1 saturated heterocycles. The lowest BCUT2D eigenvalue weighted by atomic mass is 10.3. The summed E-state index contributed by atoms with van der Waals surface area (Å²) in [6.45, 7) is 3.97. The summed E-state index contributed by atoms with van der Waals surface area (Å²) in [6.07, 6.45) is 2.18. The quantitative estimate of drug-likeness (QED) is 0.859. The number of carbonyl (C=O) groups excluding carboxylic acids is 1. The van der Waals surface area contributed by atoms with Crippen molar-refractivity contribution in [2.45, 2.75) is 26.3 Å². The minimum atomic E-state index is 0.0380. The number of nitrogens with zero attached hydrogens (tertiary/aromatic N) is 2. The fourth-order valence-electron chi connectivity index (χ4n) is 2.07. The molecule has 1 fully saturated rings. The number of rotatable bonds is 4. The molecule has 0 aliphatic carbocycles. The Hall–Kier alpha value is -1.62. The van der Waals surface area contributed by atoms with E-state index in [-0.39, 0.29) is 12.5 Å². The predicted molar refractivity (Wildman–Crippen MR) is 68.2 cm³/mol. The number of hydrogen-bond donors (Lipinski definition) is 1. The Morgan fingerprint density at radius 1 is 1.44 bits per heavy atom. The lowest BCUT2D eigenvalue weighted by Crippen LogP contribution is -2.32. The zero-order valence-electron chi connectivity index (χ0n) is 10.7. The van der Waals surface area contributed by atoms with Gasteiger partial charge in [0.25, 0.3) is 5.91 Å². The van der Waals surface area contributed by atoms with Crippen molar-refractivity contribution in [2.75, 3.05) is 19.7 Å². The zero-order valence-corrected chi connectivity index (χ0v) is 10.7. The Morgan fingerprint density at radius 3 is 2.83 bits per heavy atom. The highest BCUT2D eigenvalue weighted by atomic mass is 16.5. The zero-order chi connectivity index (χ0) is 13.0. The summed E-state index contributed by atoms with van der Waals surface area (Å²) in [5.74, 6) is 0.645. The number of nitrogens with two attached hydrogens (primary N) is 1. The first kappa shape index (κ1) is 12.8. The number of hydrogen-bond acceptors (Lipinski definition) is 4. The molecule has 1 aromatic heterocycles. The van der Waals surface area contributed by atoms with Crippen LogP contribution in [0.5, 0.6) is 5.75 Å². The van der Waals surface area contributed by atoms with Crippen LogP contribution in [0, 0.1) is 6.92 Å². The van der Waals surface area contributed by atoms with Gasteiger partial charge in [-0.05, 0) is 31.9 Å². The minimum absolute atomic E-state index is 0.0380. The smallest absolute Gasteiger partial charge is 0.260 e. The average Bonchev–Trinajstić information content (AvgIpc) is 2.90. The number of aromatic nitrogens is 1. The van der Waals surface area contributed by atoms with Crippen LogP contribution in [0.1, 0.15) is 24.2 Å². The van der Waals surface area contributed by atoms with Crippen LogP contribution in [0.25, 0.3) is 0 Å². The van der Waals surface area contributed by atoms with Gasteiger partial charge in [0.1, 0.15) is 5.75 Å². The van der Waals surface area contributed by atoms with E-state index in [2.05, 4.69) is 4.98 Å². The summed E-state index contributed by atoms with van der Waals surface area (Å²) in [5.41, 5.74) is 7.21. The van der Waals surface area contributed by atoms with E-state index in [4.69, 9.17) is 10.5 Å². The third-order valence-corrected chi connectivity index (χ3v) is 3.07. The summed E-state index contributed by atoms with van der Waals surface area (Å²) < 4.78 is 5.52. The van der Waals surface area contributed by atoms with E-state index < -0.39 is 0 Å². The highest BCUT2D eigenvalue weighted by Gasteiger charge is 2.18. The van der Waals surface area contributed by atoms with Crippen LogP contribution in [0.4, 0.5) is 0 Å². The molecule has 0 atom stereocenters. The number of carbonyl (C=O) groups is 1. The first-order chi connectivity index (χ1) is 8.70. The van der Waals surface area contributed by atoms with Crippen LogP contribution in [0.3, 0.4) is 0 Å². The number of ether oxygens (including phenoxy) is 1. The second kappa shape index (κ2) is 5.82. The van der Waals surface area contributed by atoms with Gasteiger partial charge in [0.2, 0.25) is 0 Å². The highest BCUT2D eigenvalue weighted by molar-refractivity contribution is 5.78. The molecular formula is C13H19N3O2. The number of amides is 1. The Labute approximate surface area is 107 Å². The first-order valence-electron chi connectivity index (χ1n) is 6.28. The van der Waals surface area contributed by atoms with Crippen molar-refractivity contribution in [3.05, 3.63) is 23.5 Å². The van der Waals surface area contributed by atoms with Crippen LogP contribution >= 0.6 is 0 Å². The summed E-state index contributed by atoms with van der Waals surface area (Å²) in [6, 6.07) is 3.68. The molecule has 1 aliphatic rings. The van der Waals surface area contributed by atoms with Gasteiger partial charge in [-0.15, -0.1) is 0 Å². The molecule has 2 rings (SSSR count). The Balaban J connectivity index is 1.95. The van der Waals surface area contributed by atoms with Gasteiger partial charge in [-0.25, -0.2) is 0 Å². The van der Waals surface area contributed by atoms with E-state index in [1.54, 1.807) is 0 Å². The van der Waals surface area contributed by atoms with E-state index in [0.717, 1.165) is 31.6 Å². The molecule has 0 aromatic carbocycles. The van der Waals surface area contributed by atoms with Crippen molar-refractivity contribution in [1.29, 1.82) is 0 Å². The second-order valence-electron chi connectivity index (χ2n) is 4.48. The lowest BCUT2D eigenvalue weighted by Gasteiger charge is -2.16. The van der Waals surface area contributed by atoms with Gasteiger partial charge in [0.15, 0.2) is 6.61 Å². The molecule has 2 N–H and O–H groups in total. The fourth-order valence-corrected chi connectivity index (χ4v) is 2.07. The van der Waals surface area contributed by atoms with Crippen molar-refractivity contribution in [1.82, 2.24) is 9.88 Å². The van der Waals surface area contributed by atoms with Crippen molar-refractivity contribution >= 4 is 5.91 Å². The van der Waals surface area contributed by atoms with Crippen molar-refractivity contribution in [2.24, 2.45) is 5.73 Å². The number of likely N-dealkylation sites (tertiary alicyclic amines) is 1. The maximum Gasteiger partial charge on any atom is 0.260 e. The fraction of sp³-hybridized carbons (Fsp3) is 0.538. The molecule has 1 aromatic rings. The molecule has 1 aliphatic heterocycles.